The van der Waals surface area contributed by atoms with Crippen molar-refractivity contribution in [2.45, 2.75) is 32.9 Å². The van der Waals surface area contributed by atoms with Crippen LogP contribution in [-0.2, 0) is 11.3 Å². The molecule has 14 heavy (non-hydrogen) atoms. The third kappa shape index (κ3) is 3.04. The molecule has 0 aliphatic rings. The van der Waals surface area contributed by atoms with Gasteiger partial charge in [0.1, 0.15) is 11.1 Å². The van der Waals surface area contributed by atoms with E-state index in [0.717, 1.165) is 30.3 Å². The molecule has 0 amide bonds. The third-order valence-electron chi connectivity index (χ3n) is 1.94. The van der Waals surface area contributed by atoms with Gasteiger partial charge in [0, 0.05) is 18.5 Å². The Kier molecular flexibility index (Phi) is 5.07. The van der Waals surface area contributed by atoms with Gasteiger partial charge in [-0.1, -0.05) is 6.92 Å². The topological polar surface area (TPSA) is 34.1 Å². The first-order chi connectivity index (χ1) is 6.81. The summed E-state index contributed by atoms with van der Waals surface area (Å²) in [4.78, 5) is 4.52. The van der Waals surface area contributed by atoms with Gasteiger partial charge in [-0.15, -0.1) is 11.3 Å². The summed E-state index contributed by atoms with van der Waals surface area (Å²) < 4.78 is 5.60. The highest BCUT2D eigenvalue weighted by molar-refractivity contribution is 7.09. The Morgan fingerprint density at radius 2 is 2.36 bits per heavy atom. The SMILES string of the molecule is CCOC(CC)c1nc(CNC)cs1. The monoisotopic (exact) mass is 214 g/mol. The lowest BCUT2D eigenvalue weighted by molar-refractivity contribution is 0.0595. The van der Waals surface area contributed by atoms with Gasteiger partial charge < -0.3 is 10.1 Å². The molecular formula is C10H18N2OS. The minimum Gasteiger partial charge on any atom is -0.371 e. The van der Waals surface area contributed by atoms with Crippen molar-refractivity contribution in [3.8, 4) is 0 Å². The second-order valence-electron chi connectivity index (χ2n) is 3.06. The summed E-state index contributed by atoms with van der Waals surface area (Å²) in [7, 11) is 1.93. The number of thiazole rings is 1. The average Bonchev–Trinajstić information content (AvgIpc) is 2.63. The molecule has 1 aromatic rings. The maximum Gasteiger partial charge on any atom is 0.122 e. The van der Waals surface area contributed by atoms with Crippen LogP contribution in [0.5, 0.6) is 0 Å². The van der Waals surface area contributed by atoms with Crippen LogP contribution in [0.15, 0.2) is 5.38 Å². The summed E-state index contributed by atoms with van der Waals surface area (Å²) in [5.41, 5.74) is 1.10. The van der Waals surface area contributed by atoms with E-state index >= 15 is 0 Å². The normalized spacial score (nSPS) is 13.1. The first-order valence-electron chi connectivity index (χ1n) is 5.02. The summed E-state index contributed by atoms with van der Waals surface area (Å²) in [6, 6.07) is 0. The van der Waals surface area contributed by atoms with Crippen molar-refractivity contribution in [2.24, 2.45) is 0 Å². The van der Waals surface area contributed by atoms with E-state index in [4.69, 9.17) is 4.74 Å². The fraction of sp³-hybridized carbons (Fsp3) is 0.700. The van der Waals surface area contributed by atoms with Crippen molar-refractivity contribution in [2.75, 3.05) is 13.7 Å². The zero-order valence-electron chi connectivity index (χ0n) is 9.04. The van der Waals surface area contributed by atoms with Crippen molar-refractivity contribution >= 4 is 11.3 Å². The van der Waals surface area contributed by atoms with E-state index < -0.39 is 0 Å². The molecule has 0 spiro atoms. The number of nitrogens with one attached hydrogen (secondary N) is 1. The van der Waals surface area contributed by atoms with E-state index in [0.29, 0.717) is 0 Å². The molecule has 1 aromatic heterocycles. The van der Waals surface area contributed by atoms with Crippen LogP contribution in [0, 0.1) is 0 Å². The van der Waals surface area contributed by atoms with Gasteiger partial charge in [0.05, 0.1) is 5.69 Å². The summed E-state index contributed by atoms with van der Waals surface area (Å²) >= 11 is 1.69. The van der Waals surface area contributed by atoms with E-state index in [1.165, 1.54) is 0 Å². The van der Waals surface area contributed by atoms with E-state index in [1.807, 2.05) is 14.0 Å². The maximum absolute atomic E-state index is 5.60. The van der Waals surface area contributed by atoms with Gasteiger partial charge in [-0.2, -0.15) is 0 Å². The zero-order valence-corrected chi connectivity index (χ0v) is 9.86. The van der Waals surface area contributed by atoms with Gasteiger partial charge in [-0.25, -0.2) is 4.98 Å². The molecule has 4 heteroatoms. The van der Waals surface area contributed by atoms with Gasteiger partial charge >= 0.3 is 0 Å². The Morgan fingerprint density at radius 1 is 1.57 bits per heavy atom. The predicted molar refractivity (Wildman–Crippen MR) is 59.5 cm³/mol. The Bertz CT molecular complexity index is 262. The number of hydrogen-bond donors (Lipinski definition) is 1. The Hall–Kier alpha value is -0.450. The molecule has 80 valence electrons. The fourth-order valence-corrected chi connectivity index (χ4v) is 2.25. The molecule has 1 atom stereocenters. The maximum atomic E-state index is 5.60. The average molecular weight is 214 g/mol. The van der Waals surface area contributed by atoms with Crippen LogP contribution in [-0.4, -0.2) is 18.6 Å². The van der Waals surface area contributed by atoms with Crippen molar-refractivity contribution < 1.29 is 4.74 Å². The standard InChI is InChI=1S/C10H18N2OS/c1-4-9(13-5-2)10-12-8(6-11-3)7-14-10/h7,9,11H,4-6H2,1-3H3. The van der Waals surface area contributed by atoms with Gasteiger partial charge in [-0.3, -0.25) is 0 Å². The van der Waals surface area contributed by atoms with Crippen LogP contribution < -0.4 is 5.32 Å². The van der Waals surface area contributed by atoms with Crippen LogP contribution in [0.25, 0.3) is 0 Å². The number of hydrogen-bond acceptors (Lipinski definition) is 4. The van der Waals surface area contributed by atoms with E-state index in [9.17, 15) is 0 Å². The molecule has 1 rings (SSSR count). The van der Waals surface area contributed by atoms with Crippen LogP contribution in [0.2, 0.25) is 0 Å². The molecule has 1 N–H and O–H groups in total. The third-order valence-corrected chi connectivity index (χ3v) is 2.93. The second kappa shape index (κ2) is 6.11. The minimum atomic E-state index is 0.176. The smallest absolute Gasteiger partial charge is 0.122 e. The number of aromatic nitrogens is 1. The molecule has 0 aliphatic carbocycles. The Balaban J connectivity index is 2.63. The number of rotatable bonds is 6. The van der Waals surface area contributed by atoms with E-state index in [1.54, 1.807) is 11.3 Å². The van der Waals surface area contributed by atoms with Crippen molar-refractivity contribution in [1.29, 1.82) is 0 Å². The van der Waals surface area contributed by atoms with E-state index in [2.05, 4.69) is 22.6 Å². The molecule has 0 fully saturated rings. The first kappa shape index (κ1) is 11.6. The molecule has 0 bridgehead atoms. The molecular weight excluding hydrogens is 196 g/mol. The highest BCUT2D eigenvalue weighted by Crippen LogP contribution is 2.24. The van der Waals surface area contributed by atoms with Crippen molar-refractivity contribution in [3.05, 3.63) is 16.1 Å². The van der Waals surface area contributed by atoms with Crippen molar-refractivity contribution in [3.63, 3.8) is 0 Å². The van der Waals surface area contributed by atoms with E-state index in [-0.39, 0.29) is 6.10 Å². The molecule has 0 saturated carbocycles. The number of ether oxygens (including phenoxy) is 1. The van der Waals surface area contributed by atoms with Crippen LogP contribution in [0.1, 0.15) is 37.1 Å². The second-order valence-corrected chi connectivity index (χ2v) is 3.95. The van der Waals surface area contributed by atoms with Gasteiger partial charge in [0.15, 0.2) is 0 Å². The predicted octanol–water partition coefficient (Wildman–Crippen LogP) is 2.35. The lowest BCUT2D eigenvalue weighted by Gasteiger charge is -2.11. The van der Waals surface area contributed by atoms with Crippen molar-refractivity contribution in [1.82, 2.24) is 10.3 Å². The molecule has 1 heterocycles. The Labute approximate surface area is 89.5 Å². The largest absolute Gasteiger partial charge is 0.371 e. The molecule has 3 nitrogen and oxygen atoms in total. The van der Waals surface area contributed by atoms with Crippen LogP contribution in [0.4, 0.5) is 0 Å². The van der Waals surface area contributed by atoms with Crippen LogP contribution >= 0.6 is 11.3 Å². The molecule has 0 aliphatic heterocycles. The quantitative estimate of drug-likeness (QED) is 0.789. The summed E-state index contributed by atoms with van der Waals surface area (Å²) in [6.45, 7) is 5.72. The lowest BCUT2D eigenvalue weighted by Crippen LogP contribution is -2.07. The highest BCUT2D eigenvalue weighted by Gasteiger charge is 2.12. The Morgan fingerprint density at radius 3 is 2.93 bits per heavy atom. The highest BCUT2D eigenvalue weighted by atomic mass is 32.1. The minimum absolute atomic E-state index is 0.176. The van der Waals surface area contributed by atoms with Gasteiger partial charge in [0.25, 0.3) is 0 Å². The molecule has 1 unspecified atom stereocenters. The molecule has 0 aromatic carbocycles. The van der Waals surface area contributed by atoms with Crippen LogP contribution in [0.3, 0.4) is 0 Å². The molecule has 0 saturated heterocycles. The first-order valence-corrected chi connectivity index (χ1v) is 5.90. The lowest BCUT2D eigenvalue weighted by atomic mass is 10.3. The number of nitrogens with zero attached hydrogens (tertiary/aromatic N) is 1. The van der Waals surface area contributed by atoms with Gasteiger partial charge in [0.2, 0.25) is 0 Å². The summed E-state index contributed by atoms with van der Waals surface area (Å²) in [6.07, 6.45) is 1.16. The van der Waals surface area contributed by atoms with Gasteiger partial charge in [-0.05, 0) is 20.4 Å². The molecule has 0 radical (unpaired) electrons. The fourth-order valence-electron chi connectivity index (χ4n) is 1.30. The summed E-state index contributed by atoms with van der Waals surface area (Å²) in [5.74, 6) is 0. The zero-order chi connectivity index (χ0) is 10.4. The summed E-state index contributed by atoms with van der Waals surface area (Å²) in [5, 5.41) is 6.28.